The fourth-order valence-corrected chi connectivity index (χ4v) is 2.94. The van der Waals surface area contributed by atoms with Gasteiger partial charge in [-0.15, -0.1) is 0 Å². The zero-order valence-corrected chi connectivity index (χ0v) is 12.4. The van der Waals surface area contributed by atoms with Gasteiger partial charge in [-0.25, -0.2) is 4.39 Å². The number of anilines is 1. The van der Waals surface area contributed by atoms with E-state index in [-0.39, 0.29) is 30.9 Å². The van der Waals surface area contributed by atoms with Gasteiger partial charge in [-0.3, -0.25) is 19.7 Å². The van der Waals surface area contributed by atoms with Crippen molar-refractivity contribution in [2.24, 2.45) is 0 Å². The molecular weight excluding hydrogens is 289 g/mol. The molecule has 2 aliphatic heterocycles. The molecule has 1 aromatic carbocycles. The topological polar surface area (TPSA) is 69.7 Å². The monoisotopic (exact) mass is 305 g/mol. The van der Waals surface area contributed by atoms with E-state index in [2.05, 4.69) is 5.32 Å². The third kappa shape index (κ3) is 2.13. The van der Waals surface area contributed by atoms with E-state index in [9.17, 15) is 18.8 Å². The molecule has 1 N–H and O–H groups in total. The Morgan fingerprint density at radius 1 is 1.27 bits per heavy atom. The largest absolute Gasteiger partial charge is 0.375 e. The van der Waals surface area contributed by atoms with Gasteiger partial charge in [-0.05, 0) is 18.1 Å². The number of fused-ring (bicyclic) bond motifs is 1. The minimum absolute atomic E-state index is 0.0240. The lowest BCUT2D eigenvalue weighted by Gasteiger charge is -2.29. The molecule has 2 heterocycles. The van der Waals surface area contributed by atoms with E-state index in [0.29, 0.717) is 11.3 Å². The number of nitrogens with zero attached hydrogens (tertiary/aromatic N) is 2. The van der Waals surface area contributed by atoms with Crippen molar-refractivity contribution in [2.45, 2.75) is 25.4 Å². The Hall–Kier alpha value is -2.44. The van der Waals surface area contributed by atoms with Gasteiger partial charge >= 0.3 is 0 Å². The molecular formula is C15H16FN3O3. The van der Waals surface area contributed by atoms with Crippen LogP contribution in [-0.4, -0.2) is 42.8 Å². The Labute approximate surface area is 126 Å². The quantitative estimate of drug-likeness (QED) is 0.815. The van der Waals surface area contributed by atoms with Crippen molar-refractivity contribution < 1.29 is 18.8 Å². The number of nitrogens with one attached hydrogen (secondary N) is 1. The predicted octanol–water partition coefficient (Wildman–Crippen LogP) is 0.653. The lowest BCUT2D eigenvalue weighted by Crippen LogP contribution is -2.52. The highest BCUT2D eigenvalue weighted by Gasteiger charge is 2.40. The van der Waals surface area contributed by atoms with E-state index in [1.54, 1.807) is 31.1 Å². The van der Waals surface area contributed by atoms with E-state index in [1.807, 2.05) is 0 Å². The van der Waals surface area contributed by atoms with Gasteiger partial charge in [-0.1, -0.05) is 6.07 Å². The summed E-state index contributed by atoms with van der Waals surface area (Å²) in [5.74, 6) is -1.90. The summed E-state index contributed by atoms with van der Waals surface area (Å²) in [4.78, 5) is 38.6. The Bertz CT molecular complexity index is 687. The summed E-state index contributed by atoms with van der Waals surface area (Å²) in [6.07, 6.45) is 0.453. The number of carbonyl (C=O) groups is 3. The number of halogens is 1. The molecule has 1 aromatic rings. The zero-order chi connectivity index (χ0) is 16.0. The van der Waals surface area contributed by atoms with Crippen molar-refractivity contribution in [3.05, 3.63) is 29.1 Å². The van der Waals surface area contributed by atoms with E-state index in [4.69, 9.17) is 0 Å². The molecule has 7 heteroatoms. The average molecular weight is 305 g/mol. The normalized spacial score (nSPS) is 21.0. The molecule has 0 aromatic heterocycles. The fraction of sp³-hybridized carbons (Fsp3) is 0.400. The van der Waals surface area contributed by atoms with Crippen molar-refractivity contribution in [1.82, 2.24) is 10.2 Å². The first kappa shape index (κ1) is 14.5. The SMILES string of the molecule is CN(C)c1ccc2c(c1F)C(=O)N(C1CCC(=O)NC1=O)C2. The standard InChI is InChI=1S/C15H16FN3O3/c1-18(2)9-4-3-8-7-19(15(22)12(8)13(9)16)10-5-6-11(20)17-14(10)21/h3-4,10H,5-7H2,1-2H3,(H,17,20,21). The molecule has 1 atom stereocenters. The Balaban J connectivity index is 1.93. The van der Waals surface area contributed by atoms with Crippen molar-refractivity contribution in [1.29, 1.82) is 0 Å². The summed E-state index contributed by atoms with van der Waals surface area (Å²) in [6.45, 7) is 0.186. The Morgan fingerprint density at radius 2 is 2.00 bits per heavy atom. The van der Waals surface area contributed by atoms with Crippen molar-refractivity contribution in [3.63, 3.8) is 0 Å². The van der Waals surface area contributed by atoms with Crippen LogP contribution in [0.4, 0.5) is 10.1 Å². The summed E-state index contributed by atoms with van der Waals surface area (Å²) in [7, 11) is 3.39. The number of amides is 3. The van der Waals surface area contributed by atoms with Crippen LogP contribution in [0.2, 0.25) is 0 Å². The fourth-order valence-electron chi connectivity index (χ4n) is 2.94. The van der Waals surface area contributed by atoms with Gasteiger partial charge in [0.25, 0.3) is 5.91 Å². The van der Waals surface area contributed by atoms with Crippen LogP contribution in [0.5, 0.6) is 0 Å². The number of imide groups is 1. The third-order valence-electron chi connectivity index (χ3n) is 4.09. The van der Waals surface area contributed by atoms with E-state index < -0.39 is 23.7 Å². The van der Waals surface area contributed by atoms with Gasteiger partial charge in [0.2, 0.25) is 11.8 Å². The van der Waals surface area contributed by atoms with Crippen LogP contribution in [0.3, 0.4) is 0 Å². The van der Waals surface area contributed by atoms with Gasteiger partial charge in [0, 0.05) is 27.1 Å². The van der Waals surface area contributed by atoms with Crippen LogP contribution < -0.4 is 10.2 Å². The lowest BCUT2D eigenvalue weighted by atomic mass is 10.0. The van der Waals surface area contributed by atoms with E-state index >= 15 is 0 Å². The number of benzene rings is 1. The first-order valence-electron chi connectivity index (χ1n) is 7.03. The van der Waals surface area contributed by atoms with Crippen LogP contribution in [0.15, 0.2) is 12.1 Å². The molecule has 0 aliphatic carbocycles. The van der Waals surface area contributed by atoms with Gasteiger partial charge < -0.3 is 9.80 Å². The zero-order valence-electron chi connectivity index (χ0n) is 12.4. The van der Waals surface area contributed by atoms with E-state index in [1.165, 1.54) is 4.90 Å². The molecule has 116 valence electrons. The highest BCUT2D eigenvalue weighted by atomic mass is 19.1. The van der Waals surface area contributed by atoms with E-state index in [0.717, 1.165) is 0 Å². The van der Waals surface area contributed by atoms with Gasteiger partial charge in [0.15, 0.2) is 5.82 Å². The molecule has 1 unspecified atom stereocenters. The van der Waals surface area contributed by atoms with Crippen LogP contribution in [0, 0.1) is 5.82 Å². The molecule has 0 spiro atoms. The van der Waals surface area contributed by atoms with Crippen LogP contribution >= 0.6 is 0 Å². The van der Waals surface area contributed by atoms with Crippen LogP contribution in [0.1, 0.15) is 28.8 Å². The average Bonchev–Trinajstić information content (AvgIpc) is 2.77. The highest BCUT2D eigenvalue weighted by molar-refractivity contribution is 6.05. The Kier molecular flexibility index (Phi) is 3.35. The maximum atomic E-state index is 14.5. The van der Waals surface area contributed by atoms with Gasteiger partial charge in [-0.2, -0.15) is 0 Å². The van der Waals surface area contributed by atoms with Gasteiger partial charge in [0.1, 0.15) is 6.04 Å². The number of piperidine rings is 1. The summed E-state index contributed by atoms with van der Waals surface area (Å²) < 4.78 is 14.5. The first-order valence-corrected chi connectivity index (χ1v) is 7.03. The predicted molar refractivity (Wildman–Crippen MR) is 76.8 cm³/mol. The second-order valence-electron chi connectivity index (χ2n) is 5.73. The minimum Gasteiger partial charge on any atom is -0.375 e. The summed E-state index contributed by atoms with van der Waals surface area (Å²) in [5, 5.41) is 2.22. The molecule has 2 aliphatic rings. The third-order valence-corrected chi connectivity index (χ3v) is 4.09. The smallest absolute Gasteiger partial charge is 0.258 e. The molecule has 3 rings (SSSR count). The maximum absolute atomic E-state index is 14.5. The molecule has 6 nitrogen and oxygen atoms in total. The molecule has 3 amide bonds. The van der Waals surface area contributed by atoms with Crippen molar-refractivity contribution in [3.8, 4) is 0 Å². The molecule has 22 heavy (non-hydrogen) atoms. The number of rotatable bonds is 2. The summed E-state index contributed by atoms with van der Waals surface area (Å²) >= 11 is 0. The second kappa shape index (κ2) is 5.08. The summed E-state index contributed by atoms with van der Waals surface area (Å²) in [5.41, 5.74) is 0.922. The lowest BCUT2D eigenvalue weighted by molar-refractivity contribution is -0.136. The molecule has 0 saturated carbocycles. The molecule has 1 fully saturated rings. The molecule has 0 radical (unpaired) electrons. The second-order valence-corrected chi connectivity index (χ2v) is 5.73. The highest BCUT2D eigenvalue weighted by Crippen LogP contribution is 2.33. The minimum atomic E-state index is -0.722. The first-order chi connectivity index (χ1) is 10.4. The maximum Gasteiger partial charge on any atom is 0.258 e. The Morgan fingerprint density at radius 3 is 2.64 bits per heavy atom. The van der Waals surface area contributed by atoms with Crippen LogP contribution in [0.25, 0.3) is 0 Å². The van der Waals surface area contributed by atoms with Crippen molar-refractivity contribution >= 4 is 23.4 Å². The number of hydrogen-bond donors (Lipinski definition) is 1. The molecule has 0 bridgehead atoms. The van der Waals surface area contributed by atoms with Crippen molar-refractivity contribution in [2.75, 3.05) is 19.0 Å². The van der Waals surface area contributed by atoms with Crippen LogP contribution in [-0.2, 0) is 16.1 Å². The van der Waals surface area contributed by atoms with Gasteiger partial charge in [0.05, 0.1) is 11.3 Å². The summed E-state index contributed by atoms with van der Waals surface area (Å²) in [6, 6.07) is 2.60. The number of hydrogen-bond acceptors (Lipinski definition) is 4. The number of carbonyl (C=O) groups excluding carboxylic acids is 3. The molecule has 1 saturated heterocycles.